The van der Waals surface area contributed by atoms with Gasteiger partial charge in [-0.15, -0.1) is 0 Å². The van der Waals surface area contributed by atoms with Crippen LogP contribution in [0.4, 0.5) is 5.69 Å². The highest BCUT2D eigenvalue weighted by Gasteiger charge is 2.15. The molecule has 0 aliphatic carbocycles. The number of hydrogen-bond acceptors (Lipinski definition) is 3. The molecule has 0 radical (unpaired) electrons. The first-order chi connectivity index (χ1) is 14.4. The van der Waals surface area contributed by atoms with Gasteiger partial charge in [-0.3, -0.25) is 4.79 Å². The first-order valence-electron chi connectivity index (χ1n) is 9.56. The van der Waals surface area contributed by atoms with E-state index in [0.29, 0.717) is 27.2 Å². The molecule has 1 N–H and O–H groups in total. The Morgan fingerprint density at radius 2 is 1.67 bits per heavy atom. The van der Waals surface area contributed by atoms with Crippen LogP contribution in [0.1, 0.15) is 30.9 Å². The van der Waals surface area contributed by atoms with Gasteiger partial charge in [0.1, 0.15) is 11.5 Å². The van der Waals surface area contributed by atoms with Crippen LogP contribution in [0.3, 0.4) is 0 Å². The maximum Gasteiger partial charge on any atom is 0.228 e. The Hall–Kier alpha value is -2.69. The van der Waals surface area contributed by atoms with Gasteiger partial charge in [0.05, 0.1) is 23.6 Å². The fourth-order valence-corrected chi connectivity index (χ4v) is 3.63. The van der Waals surface area contributed by atoms with E-state index in [1.54, 1.807) is 25.3 Å². The molecule has 0 saturated heterocycles. The highest BCUT2D eigenvalue weighted by Crippen LogP contribution is 2.40. The molecule has 0 aliphatic rings. The second-order valence-electron chi connectivity index (χ2n) is 7.14. The molecule has 1 amide bonds. The minimum Gasteiger partial charge on any atom is -0.496 e. The zero-order valence-corrected chi connectivity index (χ0v) is 18.6. The Labute approximate surface area is 186 Å². The van der Waals surface area contributed by atoms with E-state index in [0.717, 1.165) is 16.9 Å². The first-order valence-corrected chi connectivity index (χ1v) is 10.3. The molecule has 0 saturated carbocycles. The number of anilines is 1. The van der Waals surface area contributed by atoms with E-state index in [-0.39, 0.29) is 18.2 Å². The van der Waals surface area contributed by atoms with Crippen molar-refractivity contribution in [3.05, 3.63) is 81.8 Å². The molecule has 6 heteroatoms. The number of halogens is 2. The van der Waals surface area contributed by atoms with Crippen LogP contribution in [0.15, 0.2) is 60.7 Å². The lowest BCUT2D eigenvalue weighted by Gasteiger charge is -2.16. The molecule has 3 rings (SSSR count). The maximum atomic E-state index is 12.3. The van der Waals surface area contributed by atoms with Gasteiger partial charge in [0.15, 0.2) is 5.75 Å². The van der Waals surface area contributed by atoms with Crippen molar-refractivity contribution in [3.63, 3.8) is 0 Å². The van der Waals surface area contributed by atoms with Crippen LogP contribution in [0.25, 0.3) is 0 Å². The minimum absolute atomic E-state index is 0.154. The molecule has 3 aromatic rings. The van der Waals surface area contributed by atoms with Crippen molar-refractivity contribution >= 4 is 34.8 Å². The van der Waals surface area contributed by atoms with Crippen LogP contribution in [0.5, 0.6) is 17.2 Å². The van der Waals surface area contributed by atoms with E-state index >= 15 is 0 Å². The number of benzene rings is 3. The predicted octanol–water partition coefficient (Wildman–Crippen LogP) is 7.10. The second kappa shape index (κ2) is 9.88. The van der Waals surface area contributed by atoms with Gasteiger partial charge in [0.25, 0.3) is 0 Å². The number of methoxy groups -OCH3 is 1. The fraction of sp³-hybridized carbons (Fsp3) is 0.208. The van der Waals surface area contributed by atoms with Crippen LogP contribution >= 0.6 is 23.2 Å². The molecule has 156 valence electrons. The summed E-state index contributed by atoms with van der Waals surface area (Å²) in [5.41, 5.74) is 2.45. The van der Waals surface area contributed by atoms with Gasteiger partial charge in [0, 0.05) is 11.3 Å². The lowest BCUT2D eigenvalue weighted by molar-refractivity contribution is -0.115. The van der Waals surface area contributed by atoms with Crippen molar-refractivity contribution in [2.45, 2.75) is 26.2 Å². The van der Waals surface area contributed by atoms with E-state index < -0.39 is 0 Å². The van der Waals surface area contributed by atoms with E-state index in [1.165, 1.54) is 0 Å². The molecule has 0 aromatic heterocycles. The standard InChI is InChI=1S/C24H23Cl2NO3/c1-15(2)19-14-18(9-10-22(19)29-3)30-24-20(25)12-17(13-21(24)26)27-23(28)11-16-7-5-4-6-8-16/h4-10,12-15H,11H2,1-3H3,(H,27,28). The first kappa shape index (κ1) is 22.0. The predicted molar refractivity (Wildman–Crippen MR) is 122 cm³/mol. The summed E-state index contributed by atoms with van der Waals surface area (Å²) in [5, 5.41) is 3.43. The SMILES string of the molecule is COc1ccc(Oc2c(Cl)cc(NC(=O)Cc3ccccc3)cc2Cl)cc1C(C)C. The smallest absolute Gasteiger partial charge is 0.228 e. The van der Waals surface area contributed by atoms with Crippen LogP contribution in [-0.2, 0) is 11.2 Å². The number of ether oxygens (including phenoxy) is 2. The Kier molecular flexibility index (Phi) is 7.24. The normalized spacial score (nSPS) is 10.7. The quantitative estimate of drug-likeness (QED) is 0.423. The Bertz CT molecular complexity index is 1010. The van der Waals surface area contributed by atoms with Gasteiger partial charge in [-0.05, 0) is 41.8 Å². The van der Waals surface area contributed by atoms with Crippen molar-refractivity contribution in [3.8, 4) is 17.2 Å². The molecule has 0 atom stereocenters. The summed E-state index contributed by atoms with van der Waals surface area (Å²) in [7, 11) is 1.64. The molecule has 30 heavy (non-hydrogen) atoms. The molecular weight excluding hydrogens is 421 g/mol. The molecule has 0 spiro atoms. The number of hydrogen-bond donors (Lipinski definition) is 1. The number of rotatable bonds is 7. The summed E-state index contributed by atoms with van der Waals surface area (Å²) in [6.07, 6.45) is 0.262. The minimum atomic E-state index is -0.154. The fourth-order valence-electron chi connectivity index (χ4n) is 3.06. The lowest BCUT2D eigenvalue weighted by atomic mass is 10.0. The van der Waals surface area contributed by atoms with Gasteiger partial charge in [-0.25, -0.2) is 0 Å². The topological polar surface area (TPSA) is 47.6 Å². The van der Waals surface area contributed by atoms with Gasteiger partial charge in [-0.2, -0.15) is 0 Å². The monoisotopic (exact) mass is 443 g/mol. The highest BCUT2D eigenvalue weighted by molar-refractivity contribution is 6.37. The maximum absolute atomic E-state index is 12.3. The summed E-state index contributed by atoms with van der Waals surface area (Å²) in [6, 6.07) is 18.3. The Morgan fingerprint density at radius 1 is 1.00 bits per heavy atom. The highest BCUT2D eigenvalue weighted by atomic mass is 35.5. The zero-order chi connectivity index (χ0) is 21.7. The third kappa shape index (κ3) is 5.47. The molecule has 4 nitrogen and oxygen atoms in total. The van der Waals surface area contributed by atoms with Crippen molar-refractivity contribution in [1.29, 1.82) is 0 Å². The third-order valence-corrected chi connectivity index (χ3v) is 5.09. The van der Waals surface area contributed by atoms with Gasteiger partial charge in [-0.1, -0.05) is 67.4 Å². The second-order valence-corrected chi connectivity index (χ2v) is 7.95. The van der Waals surface area contributed by atoms with Crippen LogP contribution < -0.4 is 14.8 Å². The van der Waals surface area contributed by atoms with Crippen molar-refractivity contribution in [1.82, 2.24) is 0 Å². The van der Waals surface area contributed by atoms with Crippen LogP contribution in [0, 0.1) is 0 Å². The van der Waals surface area contributed by atoms with Crippen LogP contribution in [-0.4, -0.2) is 13.0 Å². The van der Waals surface area contributed by atoms with Gasteiger partial charge < -0.3 is 14.8 Å². The average Bonchev–Trinajstić information content (AvgIpc) is 2.71. The zero-order valence-electron chi connectivity index (χ0n) is 17.0. The van der Waals surface area contributed by atoms with E-state index in [1.807, 2.05) is 42.5 Å². The van der Waals surface area contributed by atoms with Gasteiger partial charge in [0.2, 0.25) is 5.91 Å². The van der Waals surface area contributed by atoms with Gasteiger partial charge >= 0.3 is 0 Å². The number of amides is 1. The Morgan fingerprint density at radius 3 is 2.27 bits per heavy atom. The summed E-state index contributed by atoms with van der Waals surface area (Å²) >= 11 is 12.8. The number of nitrogens with one attached hydrogen (secondary N) is 1. The Balaban J connectivity index is 1.76. The van der Waals surface area contributed by atoms with E-state index in [4.69, 9.17) is 32.7 Å². The average molecular weight is 444 g/mol. The molecule has 0 aliphatic heterocycles. The van der Waals surface area contributed by atoms with E-state index in [2.05, 4.69) is 19.2 Å². The largest absolute Gasteiger partial charge is 0.496 e. The summed E-state index contributed by atoms with van der Waals surface area (Å²) in [6.45, 7) is 4.16. The molecule has 0 fully saturated rings. The summed E-state index contributed by atoms with van der Waals surface area (Å²) in [5.74, 6) is 1.84. The van der Waals surface area contributed by atoms with Crippen molar-refractivity contribution in [2.75, 3.05) is 12.4 Å². The van der Waals surface area contributed by atoms with E-state index in [9.17, 15) is 4.79 Å². The summed E-state index contributed by atoms with van der Waals surface area (Å²) in [4.78, 5) is 12.3. The molecule has 0 bridgehead atoms. The summed E-state index contributed by atoms with van der Waals surface area (Å²) < 4.78 is 11.4. The molecular formula is C24H23Cl2NO3. The molecule has 0 unspecified atom stereocenters. The van der Waals surface area contributed by atoms with Crippen molar-refractivity contribution < 1.29 is 14.3 Å². The molecule has 0 heterocycles. The lowest BCUT2D eigenvalue weighted by Crippen LogP contribution is -2.14. The van der Waals surface area contributed by atoms with Crippen molar-refractivity contribution in [2.24, 2.45) is 0 Å². The molecule has 3 aromatic carbocycles. The number of carbonyl (C=O) groups is 1. The third-order valence-electron chi connectivity index (χ3n) is 4.53. The van der Waals surface area contributed by atoms with Crippen LogP contribution in [0.2, 0.25) is 10.0 Å². The number of carbonyl (C=O) groups excluding carboxylic acids is 1.